The van der Waals surface area contributed by atoms with E-state index in [-0.39, 0.29) is 35.7 Å². The van der Waals surface area contributed by atoms with Crippen LogP contribution in [0.3, 0.4) is 0 Å². The second-order valence-electron chi connectivity index (χ2n) is 13.8. The van der Waals surface area contributed by atoms with Crippen molar-refractivity contribution in [3.63, 3.8) is 0 Å². The maximum atomic E-state index is 14.2. The quantitative estimate of drug-likeness (QED) is 0.421. The van der Waals surface area contributed by atoms with Gasteiger partial charge in [-0.1, -0.05) is 41.5 Å². The van der Waals surface area contributed by atoms with E-state index in [0.717, 1.165) is 12.8 Å². The molecule has 3 aliphatic heterocycles. The molecule has 3 fully saturated rings. The fraction of sp³-hybridized carbons (Fsp3) is 0.893. The van der Waals surface area contributed by atoms with Crippen LogP contribution in [0, 0.1) is 23.2 Å². The lowest BCUT2D eigenvalue weighted by Crippen LogP contribution is -2.61. The fourth-order valence-electron chi connectivity index (χ4n) is 7.41. The molecule has 3 saturated heterocycles. The molecule has 206 valence electrons. The first-order valence-electron chi connectivity index (χ1n) is 13.7. The number of carbonyl (C=O) groups excluding carboxylic acids is 3. The van der Waals surface area contributed by atoms with Crippen LogP contribution in [0.5, 0.6) is 0 Å². The summed E-state index contributed by atoms with van der Waals surface area (Å²) in [6, 6.07) is -1.41. The Kier molecular flexibility index (Phi) is 7.94. The lowest BCUT2D eigenvalue weighted by molar-refractivity contribution is -0.150. The summed E-state index contributed by atoms with van der Waals surface area (Å²) < 4.78 is 6.67. The molecule has 0 saturated carbocycles. The molecule has 2 unspecified atom stereocenters. The number of fused-ring (bicyclic) bond motifs is 1. The first-order valence-corrected chi connectivity index (χ1v) is 13.7. The van der Waals surface area contributed by atoms with Crippen LogP contribution in [0.2, 0.25) is 0 Å². The predicted octanol–water partition coefficient (Wildman–Crippen LogP) is 3.02. The van der Waals surface area contributed by atoms with E-state index >= 15 is 0 Å². The zero-order valence-electron chi connectivity index (χ0n) is 23.9. The Bertz CT molecular complexity index is 866. The van der Waals surface area contributed by atoms with Gasteiger partial charge in [-0.25, -0.2) is 0 Å². The average molecular weight is 508 g/mol. The molecule has 8 heteroatoms. The third kappa shape index (κ3) is 5.17. The molecule has 0 aliphatic carbocycles. The number of nitrogens with zero attached hydrogens (tertiary/aromatic N) is 1. The summed E-state index contributed by atoms with van der Waals surface area (Å²) in [5, 5.41) is 16.6. The Balaban J connectivity index is 2.06. The van der Waals surface area contributed by atoms with Gasteiger partial charge >= 0.3 is 0 Å². The van der Waals surface area contributed by atoms with Crippen LogP contribution in [0.15, 0.2) is 0 Å². The molecule has 3 aliphatic rings. The Hall–Kier alpha value is -1.67. The van der Waals surface area contributed by atoms with Gasteiger partial charge in [0.2, 0.25) is 17.7 Å². The number of nitrogens with one attached hydrogen (secondary N) is 2. The van der Waals surface area contributed by atoms with Crippen molar-refractivity contribution < 1.29 is 24.2 Å². The highest BCUT2D eigenvalue weighted by Gasteiger charge is 2.78. The van der Waals surface area contributed by atoms with E-state index in [1.165, 1.54) is 0 Å². The second kappa shape index (κ2) is 9.90. The fourth-order valence-corrected chi connectivity index (χ4v) is 7.41. The molecule has 3 rings (SSSR count). The SMILES string of the molecule is CCCNC(=O)[C@H]1[C@H]2C(=O)N([C@@H](CO)CC(C)C)C(C(=O)NC(C)(C)CC(C)(C)C)C23CC[C@]1(C)O3. The molecular formula is C28H49N3O5. The Morgan fingerprint density at radius 3 is 2.33 bits per heavy atom. The van der Waals surface area contributed by atoms with E-state index in [1.54, 1.807) is 4.90 Å². The summed E-state index contributed by atoms with van der Waals surface area (Å²) >= 11 is 0. The van der Waals surface area contributed by atoms with Crippen molar-refractivity contribution in [3.8, 4) is 0 Å². The molecule has 0 aromatic carbocycles. The van der Waals surface area contributed by atoms with Crippen LogP contribution in [0.1, 0.15) is 94.4 Å². The molecule has 2 bridgehead atoms. The molecule has 3 N–H and O–H groups in total. The van der Waals surface area contributed by atoms with Crippen LogP contribution in [0.25, 0.3) is 0 Å². The summed E-state index contributed by atoms with van der Waals surface area (Å²) in [4.78, 5) is 43.2. The van der Waals surface area contributed by atoms with Gasteiger partial charge in [-0.05, 0) is 64.2 Å². The largest absolute Gasteiger partial charge is 0.394 e. The first kappa shape index (κ1) is 28.9. The van der Waals surface area contributed by atoms with Gasteiger partial charge in [0.15, 0.2) is 0 Å². The summed E-state index contributed by atoms with van der Waals surface area (Å²) in [7, 11) is 0. The molecule has 8 nitrogen and oxygen atoms in total. The van der Waals surface area contributed by atoms with E-state index in [9.17, 15) is 19.5 Å². The van der Waals surface area contributed by atoms with Gasteiger partial charge in [-0.2, -0.15) is 0 Å². The maximum absolute atomic E-state index is 14.2. The minimum absolute atomic E-state index is 0.00763. The van der Waals surface area contributed by atoms with Crippen molar-refractivity contribution >= 4 is 17.7 Å². The van der Waals surface area contributed by atoms with Gasteiger partial charge in [0.25, 0.3) is 0 Å². The number of hydrogen-bond donors (Lipinski definition) is 3. The zero-order valence-corrected chi connectivity index (χ0v) is 23.9. The highest BCUT2D eigenvalue weighted by atomic mass is 16.5. The third-order valence-electron chi connectivity index (χ3n) is 8.08. The standard InChI is InChI=1S/C28H49N3O5/c1-10-13-29-22(33)19-20-24(35)31(18(15-32)14-17(2)3)21(28(20)12-11-27(19,9)36-28)23(34)30-26(7,8)16-25(4,5)6/h17-21,32H,10-16H2,1-9H3,(H,29,33)(H,30,34)/t18-,19-,20+,21?,27+,28?/m1/s1. The Labute approximate surface area is 217 Å². The Morgan fingerprint density at radius 2 is 1.81 bits per heavy atom. The molecule has 1 spiro atoms. The van der Waals surface area contributed by atoms with Crippen molar-refractivity contribution in [1.82, 2.24) is 15.5 Å². The van der Waals surface area contributed by atoms with Gasteiger partial charge in [-0.15, -0.1) is 0 Å². The molecule has 0 aromatic heterocycles. The number of aliphatic hydroxyl groups excluding tert-OH is 1. The van der Waals surface area contributed by atoms with E-state index in [0.29, 0.717) is 25.8 Å². The highest BCUT2D eigenvalue weighted by Crippen LogP contribution is 2.63. The predicted molar refractivity (Wildman–Crippen MR) is 139 cm³/mol. The molecule has 6 atom stereocenters. The van der Waals surface area contributed by atoms with E-state index in [2.05, 4.69) is 31.4 Å². The smallest absolute Gasteiger partial charge is 0.246 e. The molecule has 36 heavy (non-hydrogen) atoms. The van der Waals surface area contributed by atoms with E-state index < -0.39 is 40.7 Å². The normalized spacial score (nSPS) is 32.7. The lowest BCUT2D eigenvalue weighted by Gasteiger charge is -2.40. The summed E-state index contributed by atoms with van der Waals surface area (Å²) in [6.45, 7) is 18.6. The van der Waals surface area contributed by atoms with Gasteiger partial charge < -0.3 is 25.4 Å². The minimum Gasteiger partial charge on any atom is -0.394 e. The maximum Gasteiger partial charge on any atom is 0.246 e. The summed E-state index contributed by atoms with van der Waals surface area (Å²) in [5.41, 5.74) is -2.39. The van der Waals surface area contributed by atoms with Crippen molar-refractivity contribution in [2.75, 3.05) is 13.2 Å². The second-order valence-corrected chi connectivity index (χ2v) is 13.8. The number of hydrogen-bond acceptors (Lipinski definition) is 5. The highest BCUT2D eigenvalue weighted by molar-refractivity contribution is 5.99. The van der Waals surface area contributed by atoms with Crippen molar-refractivity contribution in [2.45, 2.75) is 123 Å². The first-order chi connectivity index (χ1) is 16.5. The van der Waals surface area contributed by atoms with E-state index in [1.807, 2.05) is 41.5 Å². The molecule has 0 radical (unpaired) electrons. The molecule has 0 aromatic rings. The summed E-state index contributed by atoms with van der Waals surface area (Å²) in [5.74, 6) is -1.88. The number of carbonyl (C=O) groups is 3. The van der Waals surface area contributed by atoms with Gasteiger partial charge in [0.05, 0.1) is 30.1 Å². The number of likely N-dealkylation sites (tertiary alicyclic amines) is 1. The average Bonchev–Trinajstić information content (AvgIpc) is 3.28. The van der Waals surface area contributed by atoms with Crippen LogP contribution < -0.4 is 10.6 Å². The number of amides is 3. The minimum atomic E-state index is -1.08. The molecular weight excluding hydrogens is 458 g/mol. The van der Waals surface area contributed by atoms with Gasteiger partial charge in [0.1, 0.15) is 11.6 Å². The third-order valence-corrected chi connectivity index (χ3v) is 8.08. The molecule has 3 heterocycles. The van der Waals surface area contributed by atoms with Gasteiger partial charge in [0, 0.05) is 12.1 Å². The van der Waals surface area contributed by atoms with Crippen molar-refractivity contribution in [1.29, 1.82) is 0 Å². The number of rotatable bonds is 10. The number of aliphatic hydroxyl groups is 1. The van der Waals surface area contributed by atoms with Crippen molar-refractivity contribution in [3.05, 3.63) is 0 Å². The molecule has 3 amide bonds. The van der Waals surface area contributed by atoms with Crippen molar-refractivity contribution in [2.24, 2.45) is 23.2 Å². The number of ether oxygens (including phenoxy) is 1. The van der Waals surface area contributed by atoms with Crippen LogP contribution in [0.4, 0.5) is 0 Å². The van der Waals surface area contributed by atoms with E-state index in [4.69, 9.17) is 4.74 Å². The topological polar surface area (TPSA) is 108 Å². The summed E-state index contributed by atoms with van der Waals surface area (Å²) in [6.07, 6.45) is 3.24. The van der Waals surface area contributed by atoms with Gasteiger partial charge in [-0.3, -0.25) is 14.4 Å². The monoisotopic (exact) mass is 507 g/mol. The lowest BCUT2D eigenvalue weighted by atomic mass is 9.66. The van der Waals surface area contributed by atoms with Crippen LogP contribution in [-0.2, 0) is 19.1 Å². The zero-order chi connectivity index (χ0) is 27.3. The Morgan fingerprint density at radius 1 is 1.17 bits per heavy atom. The van der Waals surface area contributed by atoms with Crippen LogP contribution >= 0.6 is 0 Å². The van der Waals surface area contributed by atoms with Crippen LogP contribution in [-0.4, -0.2) is 69.7 Å².